The van der Waals surface area contributed by atoms with Crippen molar-refractivity contribution in [1.82, 2.24) is 19.3 Å². The summed E-state index contributed by atoms with van der Waals surface area (Å²) in [5.41, 5.74) is -0.0700. The first-order valence-electron chi connectivity index (χ1n) is 5.45. The Balaban J connectivity index is 2.65. The Morgan fingerprint density at radius 3 is 2.74 bits per heavy atom. The number of aromatic carboxylic acids is 1. The fourth-order valence-corrected chi connectivity index (χ4v) is 1.80. The smallest absolute Gasteiger partial charge is 0.356 e. The van der Waals surface area contributed by atoms with Gasteiger partial charge in [-0.15, -0.1) is 0 Å². The highest BCUT2D eigenvalue weighted by atomic mass is 16.6. The highest BCUT2D eigenvalue weighted by Gasteiger charge is 2.26. The predicted octanol–water partition coefficient (Wildman–Crippen LogP) is 1.00. The van der Waals surface area contributed by atoms with E-state index in [1.54, 1.807) is 6.92 Å². The molecule has 2 heterocycles. The summed E-state index contributed by atoms with van der Waals surface area (Å²) in [6, 6.07) is 0. The topological polar surface area (TPSA) is 116 Å². The summed E-state index contributed by atoms with van der Waals surface area (Å²) < 4.78 is 2.73. The zero-order valence-electron chi connectivity index (χ0n) is 10.3. The number of aromatic nitrogens is 4. The zero-order valence-corrected chi connectivity index (χ0v) is 10.3. The number of carboxylic acid groups (broad SMARTS) is 1. The van der Waals surface area contributed by atoms with Gasteiger partial charge in [-0.05, 0) is 13.8 Å². The van der Waals surface area contributed by atoms with Crippen LogP contribution >= 0.6 is 0 Å². The van der Waals surface area contributed by atoms with Crippen molar-refractivity contribution in [3.8, 4) is 5.82 Å². The van der Waals surface area contributed by atoms with E-state index in [-0.39, 0.29) is 22.9 Å². The summed E-state index contributed by atoms with van der Waals surface area (Å²) >= 11 is 0. The van der Waals surface area contributed by atoms with Crippen LogP contribution in [0.4, 0.5) is 5.69 Å². The molecule has 1 N–H and O–H groups in total. The van der Waals surface area contributed by atoms with E-state index in [0.717, 1.165) is 0 Å². The first kappa shape index (κ1) is 12.7. The van der Waals surface area contributed by atoms with Crippen LogP contribution in [0.15, 0.2) is 12.5 Å². The number of nitro groups is 1. The standard InChI is InChI=1S/C10H11N5O4/c1-3-14-9(8(15(18)19)6(2)12-14)13-4-7(10(16)17)11-5-13/h4-5H,3H2,1-2H3,(H,16,17). The van der Waals surface area contributed by atoms with Gasteiger partial charge in [0.2, 0.25) is 5.82 Å². The first-order chi connectivity index (χ1) is 8.95. The Morgan fingerprint density at radius 1 is 1.58 bits per heavy atom. The van der Waals surface area contributed by atoms with Crippen molar-refractivity contribution < 1.29 is 14.8 Å². The molecule has 0 atom stereocenters. The second-order valence-corrected chi connectivity index (χ2v) is 3.80. The number of hydrogen-bond donors (Lipinski definition) is 1. The summed E-state index contributed by atoms with van der Waals surface area (Å²) in [7, 11) is 0. The van der Waals surface area contributed by atoms with E-state index < -0.39 is 10.9 Å². The van der Waals surface area contributed by atoms with Crippen LogP contribution in [0.1, 0.15) is 23.1 Å². The van der Waals surface area contributed by atoms with E-state index >= 15 is 0 Å². The molecular weight excluding hydrogens is 254 g/mol. The van der Waals surface area contributed by atoms with Crippen molar-refractivity contribution in [3.63, 3.8) is 0 Å². The van der Waals surface area contributed by atoms with Crippen molar-refractivity contribution in [2.45, 2.75) is 20.4 Å². The Bertz CT molecular complexity index is 657. The molecule has 0 radical (unpaired) electrons. The molecule has 9 nitrogen and oxygen atoms in total. The van der Waals surface area contributed by atoms with Crippen LogP contribution in [0.25, 0.3) is 5.82 Å². The molecule has 2 aromatic rings. The Kier molecular flexibility index (Phi) is 3.03. The molecule has 0 saturated carbocycles. The second kappa shape index (κ2) is 4.52. The third kappa shape index (κ3) is 2.05. The van der Waals surface area contributed by atoms with Crippen LogP contribution in [-0.2, 0) is 6.54 Å². The molecule has 0 aliphatic carbocycles. The van der Waals surface area contributed by atoms with E-state index in [0.29, 0.717) is 6.54 Å². The Morgan fingerprint density at radius 2 is 2.26 bits per heavy atom. The second-order valence-electron chi connectivity index (χ2n) is 3.80. The summed E-state index contributed by atoms with van der Waals surface area (Å²) in [6.07, 6.45) is 2.44. The molecule has 0 bridgehead atoms. The fourth-order valence-electron chi connectivity index (χ4n) is 1.80. The number of aryl methyl sites for hydroxylation is 2. The molecule has 0 spiro atoms. The van der Waals surface area contributed by atoms with Gasteiger partial charge in [0.15, 0.2) is 5.69 Å². The Labute approximate surface area is 107 Å². The van der Waals surface area contributed by atoms with E-state index in [1.807, 2.05) is 0 Å². The predicted molar refractivity (Wildman–Crippen MR) is 63.4 cm³/mol. The van der Waals surface area contributed by atoms with Crippen molar-refractivity contribution in [3.05, 3.63) is 34.0 Å². The molecule has 19 heavy (non-hydrogen) atoms. The lowest BCUT2D eigenvalue weighted by molar-refractivity contribution is -0.385. The largest absolute Gasteiger partial charge is 0.476 e. The SMILES string of the molecule is CCn1nc(C)c([N+](=O)[O-])c1-n1cnc(C(=O)O)c1. The van der Waals surface area contributed by atoms with E-state index in [9.17, 15) is 14.9 Å². The number of hydrogen-bond acceptors (Lipinski definition) is 5. The summed E-state index contributed by atoms with van der Waals surface area (Å²) in [6.45, 7) is 3.74. The number of nitrogens with zero attached hydrogens (tertiary/aromatic N) is 5. The maximum Gasteiger partial charge on any atom is 0.356 e. The van der Waals surface area contributed by atoms with Gasteiger partial charge in [0.05, 0.1) is 4.92 Å². The van der Waals surface area contributed by atoms with Gasteiger partial charge < -0.3 is 5.11 Å². The molecule has 0 fully saturated rings. The third-order valence-corrected chi connectivity index (χ3v) is 2.60. The molecular formula is C10H11N5O4. The van der Waals surface area contributed by atoms with Gasteiger partial charge in [0.25, 0.3) is 0 Å². The molecule has 0 unspecified atom stereocenters. The minimum absolute atomic E-state index is 0.156. The molecule has 0 aliphatic rings. The molecule has 0 amide bonds. The zero-order chi connectivity index (χ0) is 14.2. The van der Waals surface area contributed by atoms with Crippen LogP contribution in [0.5, 0.6) is 0 Å². The number of rotatable bonds is 4. The van der Waals surface area contributed by atoms with Crippen LogP contribution < -0.4 is 0 Å². The minimum atomic E-state index is -1.19. The lowest BCUT2D eigenvalue weighted by atomic mass is 10.4. The quantitative estimate of drug-likeness (QED) is 0.651. The van der Waals surface area contributed by atoms with Crippen LogP contribution in [0, 0.1) is 17.0 Å². The summed E-state index contributed by atoms with van der Waals surface area (Å²) in [4.78, 5) is 25.0. The van der Waals surface area contributed by atoms with Crippen LogP contribution in [-0.4, -0.2) is 35.3 Å². The lowest BCUT2D eigenvalue weighted by Crippen LogP contribution is -2.06. The third-order valence-electron chi connectivity index (χ3n) is 2.60. The van der Waals surface area contributed by atoms with Gasteiger partial charge in [0.1, 0.15) is 12.0 Å². The average molecular weight is 265 g/mol. The number of carbonyl (C=O) groups is 1. The van der Waals surface area contributed by atoms with Gasteiger partial charge in [-0.25, -0.2) is 14.5 Å². The normalized spacial score (nSPS) is 10.6. The van der Waals surface area contributed by atoms with E-state index in [1.165, 1.54) is 28.7 Å². The first-order valence-corrected chi connectivity index (χ1v) is 5.45. The molecule has 2 rings (SSSR count). The monoisotopic (exact) mass is 265 g/mol. The number of imidazole rings is 1. The van der Waals surface area contributed by atoms with Gasteiger partial charge in [-0.2, -0.15) is 5.10 Å². The molecule has 9 heteroatoms. The van der Waals surface area contributed by atoms with Crippen LogP contribution in [0.2, 0.25) is 0 Å². The average Bonchev–Trinajstić information content (AvgIpc) is 2.91. The van der Waals surface area contributed by atoms with Crippen molar-refractivity contribution in [1.29, 1.82) is 0 Å². The molecule has 0 aliphatic heterocycles. The lowest BCUT2D eigenvalue weighted by Gasteiger charge is -2.03. The van der Waals surface area contributed by atoms with Gasteiger partial charge >= 0.3 is 11.7 Å². The van der Waals surface area contributed by atoms with Gasteiger partial charge in [-0.3, -0.25) is 14.7 Å². The molecule has 2 aromatic heterocycles. The number of carboxylic acids is 1. The Hall–Kier alpha value is -2.71. The van der Waals surface area contributed by atoms with E-state index in [2.05, 4.69) is 10.1 Å². The molecule has 0 aromatic carbocycles. The van der Waals surface area contributed by atoms with Crippen molar-refractivity contribution in [2.75, 3.05) is 0 Å². The maximum atomic E-state index is 11.1. The minimum Gasteiger partial charge on any atom is -0.476 e. The van der Waals surface area contributed by atoms with Crippen LogP contribution in [0.3, 0.4) is 0 Å². The highest BCUT2D eigenvalue weighted by Crippen LogP contribution is 2.26. The van der Waals surface area contributed by atoms with Crippen molar-refractivity contribution >= 4 is 11.7 Å². The summed E-state index contributed by atoms with van der Waals surface area (Å²) in [5.74, 6) is -0.995. The molecule has 100 valence electrons. The maximum absolute atomic E-state index is 11.1. The van der Waals surface area contributed by atoms with Crippen molar-refractivity contribution in [2.24, 2.45) is 0 Å². The fraction of sp³-hybridized carbons (Fsp3) is 0.300. The highest BCUT2D eigenvalue weighted by molar-refractivity contribution is 5.85. The molecule has 0 saturated heterocycles. The summed E-state index contributed by atoms with van der Waals surface area (Å²) in [5, 5.41) is 24.0. The van der Waals surface area contributed by atoms with Gasteiger partial charge in [-0.1, -0.05) is 0 Å². The van der Waals surface area contributed by atoms with Gasteiger partial charge in [0, 0.05) is 12.7 Å². The van der Waals surface area contributed by atoms with E-state index in [4.69, 9.17) is 5.11 Å².